The highest BCUT2D eigenvalue weighted by molar-refractivity contribution is 9.10. The van der Waals surface area contributed by atoms with E-state index in [4.69, 9.17) is 0 Å². The Hall–Kier alpha value is -1.96. The van der Waals surface area contributed by atoms with Gasteiger partial charge in [-0.25, -0.2) is 9.97 Å². The molecular formula is C11H12BrN5O2. The van der Waals surface area contributed by atoms with E-state index >= 15 is 0 Å². The van der Waals surface area contributed by atoms with E-state index in [1.54, 1.807) is 6.20 Å². The third-order valence-electron chi connectivity index (χ3n) is 2.68. The molecule has 0 atom stereocenters. The fraction of sp³-hybridized carbons (Fsp3) is 0.273. The van der Waals surface area contributed by atoms with Crippen LogP contribution in [-0.4, -0.2) is 26.5 Å². The molecule has 2 heterocycles. The number of anilines is 1. The highest BCUT2D eigenvalue weighted by Crippen LogP contribution is 2.27. The molecule has 2 rings (SSSR count). The lowest BCUT2D eigenvalue weighted by Crippen LogP contribution is -2.20. The predicted octanol–water partition coefficient (Wildman–Crippen LogP) is 2.12. The molecule has 0 radical (unpaired) electrons. The van der Waals surface area contributed by atoms with Crippen molar-refractivity contribution in [3.63, 3.8) is 0 Å². The van der Waals surface area contributed by atoms with Crippen molar-refractivity contribution in [2.24, 2.45) is 7.05 Å². The van der Waals surface area contributed by atoms with Crippen molar-refractivity contribution in [1.82, 2.24) is 14.5 Å². The van der Waals surface area contributed by atoms with Crippen molar-refractivity contribution in [2.75, 3.05) is 11.9 Å². The summed E-state index contributed by atoms with van der Waals surface area (Å²) >= 11 is 3.30. The van der Waals surface area contributed by atoms with Crippen molar-refractivity contribution in [3.05, 3.63) is 45.1 Å². The second-order valence-corrected chi connectivity index (χ2v) is 4.92. The van der Waals surface area contributed by atoms with Gasteiger partial charge in [-0.05, 0) is 15.9 Å². The van der Waals surface area contributed by atoms with E-state index < -0.39 is 4.92 Å². The molecule has 7 nitrogen and oxygen atoms in total. The lowest BCUT2D eigenvalue weighted by molar-refractivity contribution is -0.385. The first-order valence-corrected chi connectivity index (χ1v) is 6.25. The van der Waals surface area contributed by atoms with Crippen LogP contribution in [0.15, 0.2) is 29.1 Å². The molecule has 0 aliphatic heterocycles. The number of nitro groups is 1. The van der Waals surface area contributed by atoms with Crippen LogP contribution in [0.1, 0.15) is 5.82 Å². The van der Waals surface area contributed by atoms with Crippen LogP contribution in [0.25, 0.3) is 0 Å². The molecule has 0 aliphatic carbocycles. The summed E-state index contributed by atoms with van der Waals surface area (Å²) in [4.78, 5) is 20.4. The van der Waals surface area contributed by atoms with Crippen molar-refractivity contribution >= 4 is 27.4 Å². The SMILES string of the molecule is CN(Cc1nccn1C)c1ncc([N+](=O)[O-])cc1Br. The van der Waals surface area contributed by atoms with Crippen LogP contribution in [-0.2, 0) is 13.6 Å². The zero-order chi connectivity index (χ0) is 14.0. The molecule has 2 aromatic heterocycles. The molecule has 0 N–H and O–H groups in total. The molecule has 0 fully saturated rings. The van der Waals surface area contributed by atoms with Crippen molar-refractivity contribution in [2.45, 2.75) is 6.54 Å². The minimum Gasteiger partial charge on any atom is -0.351 e. The average Bonchev–Trinajstić information content (AvgIpc) is 2.74. The van der Waals surface area contributed by atoms with E-state index in [1.807, 2.05) is 29.8 Å². The van der Waals surface area contributed by atoms with Gasteiger partial charge in [0.25, 0.3) is 5.69 Å². The summed E-state index contributed by atoms with van der Waals surface area (Å²) < 4.78 is 2.49. The van der Waals surface area contributed by atoms with Gasteiger partial charge in [-0.15, -0.1) is 0 Å². The Morgan fingerprint density at radius 2 is 2.26 bits per heavy atom. The van der Waals surface area contributed by atoms with E-state index in [2.05, 4.69) is 25.9 Å². The highest BCUT2D eigenvalue weighted by Gasteiger charge is 2.14. The van der Waals surface area contributed by atoms with E-state index in [1.165, 1.54) is 12.3 Å². The lowest BCUT2D eigenvalue weighted by atomic mass is 10.4. The van der Waals surface area contributed by atoms with Crippen LogP contribution in [0.5, 0.6) is 0 Å². The minimum absolute atomic E-state index is 0.0407. The number of pyridine rings is 1. The molecule has 0 saturated heterocycles. The maximum atomic E-state index is 10.7. The minimum atomic E-state index is -0.472. The third-order valence-corrected chi connectivity index (χ3v) is 3.26. The van der Waals surface area contributed by atoms with Gasteiger partial charge in [-0.1, -0.05) is 0 Å². The number of imidazole rings is 1. The lowest BCUT2D eigenvalue weighted by Gasteiger charge is -2.18. The molecule has 0 saturated carbocycles. The second-order valence-electron chi connectivity index (χ2n) is 4.07. The predicted molar refractivity (Wildman–Crippen MR) is 73.9 cm³/mol. The summed E-state index contributed by atoms with van der Waals surface area (Å²) in [5.74, 6) is 1.52. The van der Waals surface area contributed by atoms with Crippen LogP contribution in [0.3, 0.4) is 0 Å². The number of aromatic nitrogens is 3. The Morgan fingerprint density at radius 3 is 2.79 bits per heavy atom. The first-order valence-electron chi connectivity index (χ1n) is 5.46. The molecule has 0 bridgehead atoms. The quantitative estimate of drug-likeness (QED) is 0.635. The Labute approximate surface area is 118 Å². The molecule has 0 aromatic carbocycles. The first-order chi connectivity index (χ1) is 8.99. The van der Waals surface area contributed by atoms with Crippen molar-refractivity contribution in [1.29, 1.82) is 0 Å². The Kier molecular flexibility index (Phi) is 3.79. The van der Waals surface area contributed by atoms with Crippen LogP contribution in [0.4, 0.5) is 11.5 Å². The second kappa shape index (κ2) is 5.35. The molecular weight excluding hydrogens is 314 g/mol. The zero-order valence-electron chi connectivity index (χ0n) is 10.4. The molecule has 8 heteroatoms. The van der Waals surface area contributed by atoms with Crippen LogP contribution < -0.4 is 4.90 Å². The fourth-order valence-electron chi connectivity index (χ4n) is 1.64. The zero-order valence-corrected chi connectivity index (χ0v) is 12.0. The number of hydrogen-bond donors (Lipinski definition) is 0. The molecule has 0 unspecified atom stereocenters. The number of aryl methyl sites for hydroxylation is 1. The Balaban J connectivity index is 2.22. The molecule has 19 heavy (non-hydrogen) atoms. The largest absolute Gasteiger partial charge is 0.351 e. The third kappa shape index (κ3) is 2.90. The number of hydrogen-bond acceptors (Lipinski definition) is 5. The summed E-state index contributed by atoms with van der Waals surface area (Å²) in [7, 11) is 3.77. The summed E-state index contributed by atoms with van der Waals surface area (Å²) in [5, 5.41) is 10.7. The molecule has 0 spiro atoms. The van der Waals surface area contributed by atoms with Gasteiger partial charge < -0.3 is 9.47 Å². The van der Waals surface area contributed by atoms with Gasteiger partial charge in [0.1, 0.15) is 17.8 Å². The summed E-state index contributed by atoms with van der Waals surface area (Å²) in [5.41, 5.74) is -0.0407. The van der Waals surface area contributed by atoms with Crippen molar-refractivity contribution in [3.8, 4) is 0 Å². The smallest absolute Gasteiger partial charge is 0.288 e. The summed E-state index contributed by atoms with van der Waals surface area (Å²) in [6.45, 7) is 0.562. The van der Waals surface area contributed by atoms with E-state index in [0.29, 0.717) is 16.8 Å². The average molecular weight is 326 g/mol. The maximum Gasteiger partial charge on any atom is 0.288 e. The number of halogens is 1. The highest BCUT2D eigenvalue weighted by atomic mass is 79.9. The summed E-state index contributed by atoms with van der Waals surface area (Å²) in [6, 6.07) is 1.44. The molecule has 100 valence electrons. The molecule has 2 aromatic rings. The topological polar surface area (TPSA) is 77.1 Å². The van der Waals surface area contributed by atoms with Crippen LogP contribution >= 0.6 is 15.9 Å². The molecule has 0 amide bonds. The first kappa shape index (κ1) is 13.5. The Morgan fingerprint density at radius 1 is 1.53 bits per heavy atom. The standard InChI is InChI=1S/C11H12BrN5O2/c1-15-4-3-13-10(15)7-16(2)11-9(12)5-8(6-14-11)17(18)19/h3-6H,7H2,1-2H3. The monoisotopic (exact) mass is 325 g/mol. The van der Waals surface area contributed by atoms with Gasteiger partial charge in [0.2, 0.25) is 0 Å². The fourth-order valence-corrected chi connectivity index (χ4v) is 2.28. The normalized spacial score (nSPS) is 10.5. The summed E-state index contributed by atoms with van der Waals surface area (Å²) in [6.07, 6.45) is 4.83. The van der Waals surface area contributed by atoms with Crippen molar-refractivity contribution < 1.29 is 4.92 Å². The van der Waals surface area contributed by atoms with Gasteiger partial charge in [0.15, 0.2) is 0 Å². The van der Waals surface area contributed by atoms with Gasteiger partial charge in [0, 0.05) is 32.6 Å². The molecule has 0 aliphatic rings. The number of nitrogens with zero attached hydrogens (tertiary/aromatic N) is 5. The number of rotatable bonds is 4. The van der Waals surface area contributed by atoms with Crippen LogP contribution in [0.2, 0.25) is 0 Å². The van der Waals surface area contributed by atoms with Crippen LogP contribution in [0, 0.1) is 10.1 Å². The van der Waals surface area contributed by atoms with E-state index in [0.717, 1.165) is 5.82 Å². The van der Waals surface area contributed by atoms with Gasteiger partial charge in [-0.2, -0.15) is 0 Å². The van der Waals surface area contributed by atoms with E-state index in [9.17, 15) is 10.1 Å². The maximum absolute atomic E-state index is 10.7. The van der Waals surface area contributed by atoms with E-state index in [-0.39, 0.29) is 5.69 Å². The van der Waals surface area contributed by atoms with Gasteiger partial charge in [0.05, 0.1) is 15.9 Å². The van der Waals surface area contributed by atoms with Gasteiger partial charge >= 0.3 is 0 Å². The Bertz CT molecular complexity index is 613. The van der Waals surface area contributed by atoms with Gasteiger partial charge in [-0.3, -0.25) is 10.1 Å².